The molecule has 4 rings (SSSR count). The lowest BCUT2D eigenvalue weighted by Crippen LogP contribution is -2.26. The van der Waals surface area contributed by atoms with E-state index in [1.165, 1.54) is 22.7 Å². The highest BCUT2D eigenvalue weighted by Crippen LogP contribution is 2.21. The fourth-order valence-electron chi connectivity index (χ4n) is 3.48. The molecule has 30 heavy (non-hydrogen) atoms. The van der Waals surface area contributed by atoms with Gasteiger partial charge in [-0.05, 0) is 38.5 Å². The molecule has 2 fully saturated rings. The van der Waals surface area contributed by atoms with Crippen molar-refractivity contribution in [2.75, 3.05) is 18.5 Å². The largest absolute Gasteiger partial charge is 0.370 e. The second kappa shape index (κ2) is 10.5. The highest BCUT2D eigenvalue weighted by Gasteiger charge is 2.25. The Kier molecular flexibility index (Phi) is 7.47. The van der Waals surface area contributed by atoms with Crippen LogP contribution in [0.15, 0.2) is 0 Å². The SMILES string of the molecule is O=C(Cc1nnc(CCCCc2nnc(NC(=O)C3CCCO3)s2)s1)C1CCCO1. The van der Waals surface area contributed by atoms with Crippen molar-refractivity contribution in [3.63, 3.8) is 0 Å². The predicted molar refractivity (Wildman–Crippen MR) is 112 cm³/mol. The van der Waals surface area contributed by atoms with Gasteiger partial charge in [0.15, 0.2) is 5.78 Å². The van der Waals surface area contributed by atoms with Crippen LogP contribution in [0.2, 0.25) is 0 Å². The van der Waals surface area contributed by atoms with Gasteiger partial charge in [-0.25, -0.2) is 0 Å². The molecule has 11 heteroatoms. The summed E-state index contributed by atoms with van der Waals surface area (Å²) < 4.78 is 10.8. The molecule has 2 unspecified atom stereocenters. The number of nitrogens with zero attached hydrogens (tertiary/aromatic N) is 4. The summed E-state index contributed by atoms with van der Waals surface area (Å²) >= 11 is 2.91. The quantitative estimate of drug-likeness (QED) is 0.547. The number of hydrogen-bond donors (Lipinski definition) is 1. The first-order chi connectivity index (χ1) is 14.7. The Morgan fingerprint density at radius 2 is 1.50 bits per heavy atom. The smallest absolute Gasteiger partial charge is 0.255 e. The summed E-state index contributed by atoms with van der Waals surface area (Å²) in [6.07, 6.45) is 6.65. The number of carbonyl (C=O) groups is 2. The number of rotatable bonds is 10. The lowest BCUT2D eigenvalue weighted by molar-refractivity contribution is -0.127. The van der Waals surface area contributed by atoms with Crippen molar-refractivity contribution in [1.82, 2.24) is 20.4 Å². The monoisotopic (exact) mass is 451 g/mol. The fourth-order valence-corrected chi connectivity index (χ4v) is 5.16. The molecule has 0 spiro atoms. The molecule has 2 aromatic heterocycles. The second-order valence-electron chi connectivity index (χ2n) is 7.43. The molecule has 1 amide bonds. The molecule has 2 aliphatic heterocycles. The number of hydrogen-bond acceptors (Lipinski definition) is 10. The lowest BCUT2D eigenvalue weighted by Gasteiger charge is -2.06. The fraction of sp³-hybridized carbons (Fsp3) is 0.684. The molecule has 0 saturated carbocycles. The van der Waals surface area contributed by atoms with Gasteiger partial charge in [-0.1, -0.05) is 11.3 Å². The van der Waals surface area contributed by atoms with Gasteiger partial charge in [0.1, 0.15) is 27.2 Å². The minimum absolute atomic E-state index is 0.105. The maximum absolute atomic E-state index is 12.2. The molecule has 0 aromatic carbocycles. The van der Waals surface area contributed by atoms with E-state index in [0.29, 0.717) is 24.8 Å². The molecule has 2 aromatic rings. The highest BCUT2D eigenvalue weighted by atomic mass is 32.1. The van der Waals surface area contributed by atoms with Crippen molar-refractivity contribution in [3.8, 4) is 0 Å². The Bertz CT molecular complexity index is 788. The van der Waals surface area contributed by atoms with Gasteiger partial charge in [-0.3, -0.25) is 14.9 Å². The minimum atomic E-state index is -0.366. The van der Waals surface area contributed by atoms with Gasteiger partial charge in [-0.2, -0.15) is 0 Å². The number of aromatic nitrogens is 4. The van der Waals surface area contributed by atoms with Crippen LogP contribution in [-0.4, -0.2) is 57.5 Å². The van der Waals surface area contributed by atoms with E-state index in [9.17, 15) is 9.59 Å². The first kappa shape index (κ1) is 21.4. The maximum atomic E-state index is 12.2. The van der Waals surface area contributed by atoms with Crippen molar-refractivity contribution in [2.45, 2.75) is 70.0 Å². The predicted octanol–water partition coefficient (Wildman–Crippen LogP) is 2.36. The molecule has 2 saturated heterocycles. The Balaban J connectivity index is 1.15. The highest BCUT2D eigenvalue weighted by molar-refractivity contribution is 7.15. The third kappa shape index (κ3) is 5.87. The van der Waals surface area contributed by atoms with E-state index in [0.717, 1.165) is 66.4 Å². The van der Waals surface area contributed by atoms with Crippen LogP contribution in [0.1, 0.15) is 53.5 Å². The van der Waals surface area contributed by atoms with E-state index >= 15 is 0 Å². The van der Waals surface area contributed by atoms with Crippen LogP contribution in [0.3, 0.4) is 0 Å². The Morgan fingerprint density at radius 3 is 2.20 bits per heavy atom. The second-order valence-corrected chi connectivity index (χ2v) is 9.64. The number of unbranched alkanes of at least 4 members (excludes halogenated alkanes) is 1. The summed E-state index contributed by atoms with van der Waals surface area (Å²) in [4.78, 5) is 24.2. The van der Waals surface area contributed by atoms with Gasteiger partial charge in [0, 0.05) is 26.1 Å². The molecule has 4 heterocycles. The van der Waals surface area contributed by atoms with Gasteiger partial charge in [0.05, 0.1) is 6.42 Å². The number of carbonyl (C=O) groups excluding carboxylic acids is 2. The van der Waals surface area contributed by atoms with Gasteiger partial charge in [0.25, 0.3) is 5.91 Å². The van der Waals surface area contributed by atoms with Crippen LogP contribution in [0.5, 0.6) is 0 Å². The summed E-state index contributed by atoms with van der Waals surface area (Å²) in [5.74, 6) is -0.0332. The number of nitrogens with one attached hydrogen (secondary N) is 1. The van der Waals surface area contributed by atoms with Crippen molar-refractivity contribution in [2.24, 2.45) is 0 Å². The average molecular weight is 452 g/mol. The number of amides is 1. The number of anilines is 1. The van der Waals surface area contributed by atoms with Crippen LogP contribution in [0, 0.1) is 0 Å². The van der Waals surface area contributed by atoms with E-state index in [-0.39, 0.29) is 23.9 Å². The number of aryl methyl sites for hydroxylation is 2. The van der Waals surface area contributed by atoms with Crippen molar-refractivity contribution in [1.29, 1.82) is 0 Å². The Morgan fingerprint density at radius 1 is 0.867 bits per heavy atom. The molecule has 1 N–H and O–H groups in total. The maximum Gasteiger partial charge on any atom is 0.255 e. The van der Waals surface area contributed by atoms with Crippen LogP contribution in [0.25, 0.3) is 0 Å². The molecular formula is C19H25N5O4S2. The van der Waals surface area contributed by atoms with E-state index in [2.05, 4.69) is 25.7 Å². The summed E-state index contributed by atoms with van der Waals surface area (Å²) in [6, 6.07) is 0. The molecule has 2 aliphatic rings. The van der Waals surface area contributed by atoms with Gasteiger partial charge < -0.3 is 9.47 Å². The third-order valence-electron chi connectivity index (χ3n) is 5.07. The van der Waals surface area contributed by atoms with Gasteiger partial charge >= 0.3 is 0 Å². The van der Waals surface area contributed by atoms with Crippen molar-refractivity contribution in [3.05, 3.63) is 15.0 Å². The molecule has 2 atom stereocenters. The average Bonchev–Trinajstić information content (AvgIpc) is 3.54. The topological polar surface area (TPSA) is 116 Å². The van der Waals surface area contributed by atoms with Crippen LogP contribution in [0.4, 0.5) is 5.13 Å². The normalized spacial score (nSPS) is 21.2. The third-order valence-corrected chi connectivity index (χ3v) is 6.95. The number of Topliss-reactive ketones (excluding diaryl/α,β-unsaturated/α-hetero) is 1. The summed E-state index contributed by atoms with van der Waals surface area (Å²) in [5.41, 5.74) is 0. The van der Waals surface area contributed by atoms with E-state index in [1.54, 1.807) is 0 Å². The van der Waals surface area contributed by atoms with Crippen LogP contribution in [-0.2, 0) is 38.3 Å². The Labute approximate surface area is 182 Å². The standard InChI is InChI=1S/C19H25N5O4S2/c25-12(13-5-3-9-27-13)11-17-23-21-15(29-17)7-1-2-8-16-22-24-19(30-16)20-18(26)14-6-4-10-28-14/h13-14H,1-11H2,(H,20,24,26). The first-order valence-electron chi connectivity index (χ1n) is 10.4. The van der Waals surface area contributed by atoms with E-state index in [1.807, 2.05) is 0 Å². The molecule has 0 radical (unpaired) electrons. The van der Waals surface area contributed by atoms with Crippen molar-refractivity contribution >= 4 is 39.5 Å². The van der Waals surface area contributed by atoms with Gasteiger partial charge in [-0.15, -0.1) is 31.7 Å². The zero-order valence-corrected chi connectivity index (χ0v) is 18.3. The zero-order valence-electron chi connectivity index (χ0n) is 16.7. The first-order valence-corrected chi connectivity index (χ1v) is 12.0. The van der Waals surface area contributed by atoms with Crippen molar-refractivity contribution < 1.29 is 19.1 Å². The molecule has 9 nitrogen and oxygen atoms in total. The Hall–Kier alpha value is -1.82. The molecule has 162 valence electrons. The van der Waals surface area contributed by atoms with E-state index < -0.39 is 0 Å². The van der Waals surface area contributed by atoms with Crippen LogP contribution >= 0.6 is 22.7 Å². The minimum Gasteiger partial charge on any atom is -0.370 e. The number of ether oxygens (including phenoxy) is 2. The van der Waals surface area contributed by atoms with Crippen LogP contribution < -0.4 is 5.32 Å². The molecule has 0 aliphatic carbocycles. The van der Waals surface area contributed by atoms with E-state index in [4.69, 9.17) is 9.47 Å². The lowest BCUT2D eigenvalue weighted by atomic mass is 10.1. The zero-order chi connectivity index (χ0) is 20.8. The van der Waals surface area contributed by atoms with Gasteiger partial charge in [0.2, 0.25) is 5.13 Å². The number of ketones is 1. The summed E-state index contributed by atoms with van der Waals surface area (Å²) in [7, 11) is 0. The summed E-state index contributed by atoms with van der Waals surface area (Å²) in [6.45, 7) is 1.32. The summed E-state index contributed by atoms with van der Waals surface area (Å²) in [5, 5.41) is 22.5. The molecular weight excluding hydrogens is 426 g/mol. The molecule has 0 bridgehead atoms.